The van der Waals surface area contributed by atoms with E-state index in [2.05, 4.69) is 20.8 Å². The van der Waals surface area contributed by atoms with E-state index in [0.29, 0.717) is 40.8 Å². The zero-order valence-electron chi connectivity index (χ0n) is 17.5. The van der Waals surface area contributed by atoms with Gasteiger partial charge in [-0.3, -0.25) is 9.59 Å². The van der Waals surface area contributed by atoms with Crippen molar-refractivity contribution >= 4 is 11.8 Å². The summed E-state index contributed by atoms with van der Waals surface area (Å²) in [7, 11) is 0. The van der Waals surface area contributed by atoms with E-state index in [-0.39, 0.29) is 0 Å². The van der Waals surface area contributed by atoms with Gasteiger partial charge in [-0.2, -0.15) is 0 Å². The van der Waals surface area contributed by atoms with Crippen molar-refractivity contribution in [1.29, 1.82) is 0 Å². The smallest absolute Gasteiger partial charge is 0.303 e. The molecule has 3 nitrogen and oxygen atoms in total. The average Bonchev–Trinajstić information content (AvgIpc) is 2.97. The van der Waals surface area contributed by atoms with Gasteiger partial charge in [0.2, 0.25) is 0 Å². The topological polar surface area (TPSA) is 54.4 Å². The maximum absolute atomic E-state index is 12.0. The van der Waals surface area contributed by atoms with Crippen LogP contribution in [-0.4, -0.2) is 16.9 Å². The van der Waals surface area contributed by atoms with Crippen molar-refractivity contribution < 1.29 is 14.7 Å². The van der Waals surface area contributed by atoms with Crippen LogP contribution < -0.4 is 0 Å². The molecule has 0 radical (unpaired) electrons. The second kappa shape index (κ2) is 6.88. The van der Waals surface area contributed by atoms with Gasteiger partial charge in [-0.15, -0.1) is 0 Å². The molecule has 4 saturated carbocycles. The second-order valence-corrected chi connectivity index (χ2v) is 11.0. The monoisotopic (exact) mass is 374 g/mol. The van der Waals surface area contributed by atoms with Crippen molar-refractivity contribution in [3.8, 4) is 0 Å². The molecular weight excluding hydrogens is 336 g/mol. The van der Waals surface area contributed by atoms with Crippen LogP contribution in [-0.2, 0) is 9.59 Å². The van der Waals surface area contributed by atoms with Crippen LogP contribution in [0.4, 0.5) is 0 Å². The van der Waals surface area contributed by atoms with Crippen molar-refractivity contribution in [3.63, 3.8) is 0 Å². The molecule has 152 valence electrons. The Kier molecular flexibility index (Phi) is 4.96. The summed E-state index contributed by atoms with van der Waals surface area (Å²) >= 11 is 0. The summed E-state index contributed by atoms with van der Waals surface area (Å²) in [6, 6.07) is 0. The number of carboxylic acids is 1. The number of ketones is 1. The van der Waals surface area contributed by atoms with Gasteiger partial charge < -0.3 is 5.11 Å². The Hall–Kier alpha value is -0.860. The summed E-state index contributed by atoms with van der Waals surface area (Å²) in [5, 5.41) is 9.09. The Balaban J connectivity index is 1.52. The molecule has 4 fully saturated rings. The van der Waals surface area contributed by atoms with Gasteiger partial charge in [0.25, 0.3) is 0 Å². The molecule has 1 unspecified atom stereocenters. The summed E-state index contributed by atoms with van der Waals surface area (Å²) in [6.45, 7) is 7.37. The number of hydrogen-bond donors (Lipinski definition) is 1. The minimum absolute atomic E-state index is 0.318. The van der Waals surface area contributed by atoms with Crippen LogP contribution in [0, 0.1) is 46.3 Å². The lowest BCUT2D eigenvalue weighted by atomic mass is 9.44. The average molecular weight is 375 g/mol. The highest BCUT2D eigenvalue weighted by molar-refractivity contribution is 5.79. The van der Waals surface area contributed by atoms with Crippen LogP contribution in [0.1, 0.15) is 91.4 Å². The van der Waals surface area contributed by atoms with E-state index in [9.17, 15) is 9.59 Å². The van der Waals surface area contributed by atoms with Gasteiger partial charge in [0, 0.05) is 19.3 Å². The quantitative estimate of drug-likeness (QED) is 0.685. The molecule has 0 saturated heterocycles. The zero-order valence-corrected chi connectivity index (χ0v) is 17.5. The molecule has 0 aliphatic heterocycles. The number of carboxylic acid groups (broad SMARTS) is 1. The molecule has 27 heavy (non-hydrogen) atoms. The summed E-state index contributed by atoms with van der Waals surface area (Å²) in [4.78, 5) is 23.1. The van der Waals surface area contributed by atoms with E-state index in [0.717, 1.165) is 43.4 Å². The van der Waals surface area contributed by atoms with Gasteiger partial charge in [0.15, 0.2) is 0 Å². The molecule has 0 amide bonds. The predicted octanol–water partition coefficient (Wildman–Crippen LogP) is 5.72. The SMILES string of the molecule is C[C@H](CCC(=O)O)C1CC[C@H]2[C@@H]3CC[C@@H]4CC(=O)CC[C@]4(C)[C@H]3CC[C@]12C. The first kappa shape index (κ1) is 19.5. The Labute approximate surface area is 164 Å². The number of fused-ring (bicyclic) bond motifs is 5. The van der Waals surface area contributed by atoms with Crippen LogP contribution in [0.3, 0.4) is 0 Å². The summed E-state index contributed by atoms with van der Waals surface area (Å²) in [5.41, 5.74) is 0.804. The highest BCUT2D eigenvalue weighted by Gasteiger charge is 2.60. The highest BCUT2D eigenvalue weighted by atomic mass is 16.4. The maximum Gasteiger partial charge on any atom is 0.303 e. The van der Waals surface area contributed by atoms with E-state index in [1.54, 1.807) is 0 Å². The number of Topliss-reactive ketones (excluding diaryl/α,β-unsaturated/α-hetero) is 1. The number of hydrogen-bond acceptors (Lipinski definition) is 2. The van der Waals surface area contributed by atoms with Crippen LogP contribution >= 0.6 is 0 Å². The number of carbonyl (C=O) groups is 2. The minimum atomic E-state index is -0.650. The summed E-state index contributed by atoms with van der Waals surface area (Å²) in [5.74, 6) is 4.19. The van der Waals surface area contributed by atoms with Crippen LogP contribution in [0.5, 0.6) is 0 Å². The Bertz CT molecular complexity index is 613. The van der Waals surface area contributed by atoms with Gasteiger partial charge in [-0.25, -0.2) is 0 Å². The molecule has 3 heteroatoms. The van der Waals surface area contributed by atoms with Crippen molar-refractivity contribution in [2.75, 3.05) is 0 Å². The van der Waals surface area contributed by atoms with Crippen molar-refractivity contribution in [1.82, 2.24) is 0 Å². The van der Waals surface area contributed by atoms with Crippen molar-refractivity contribution in [3.05, 3.63) is 0 Å². The van der Waals surface area contributed by atoms with Crippen LogP contribution in [0.15, 0.2) is 0 Å². The third-order valence-electron chi connectivity index (χ3n) is 10.1. The molecule has 4 aliphatic rings. The molecule has 8 atom stereocenters. The van der Waals surface area contributed by atoms with Gasteiger partial charge in [0.1, 0.15) is 5.78 Å². The van der Waals surface area contributed by atoms with Crippen molar-refractivity contribution in [2.45, 2.75) is 91.4 Å². The molecule has 0 aromatic rings. The number of aliphatic carboxylic acids is 1. The molecule has 4 aliphatic carbocycles. The number of rotatable bonds is 4. The first-order valence-corrected chi connectivity index (χ1v) is 11.5. The Morgan fingerprint density at radius 3 is 2.56 bits per heavy atom. The molecule has 1 N–H and O–H groups in total. The second-order valence-electron chi connectivity index (χ2n) is 11.0. The van der Waals surface area contributed by atoms with Gasteiger partial charge >= 0.3 is 5.97 Å². The molecular formula is C24H38O3. The van der Waals surface area contributed by atoms with Crippen LogP contribution in [0.2, 0.25) is 0 Å². The molecule has 4 rings (SSSR count). The lowest BCUT2D eigenvalue weighted by Crippen LogP contribution is -2.53. The van der Waals surface area contributed by atoms with Crippen molar-refractivity contribution in [2.24, 2.45) is 46.3 Å². The zero-order chi connectivity index (χ0) is 19.4. The first-order valence-electron chi connectivity index (χ1n) is 11.5. The van der Waals surface area contributed by atoms with Gasteiger partial charge in [0.05, 0.1) is 0 Å². The van der Waals surface area contributed by atoms with E-state index >= 15 is 0 Å². The summed E-state index contributed by atoms with van der Waals surface area (Å²) in [6.07, 6.45) is 11.8. The predicted molar refractivity (Wildman–Crippen MR) is 106 cm³/mol. The Morgan fingerprint density at radius 2 is 1.81 bits per heavy atom. The third-order valence-corrected chi connectivity index (χ3v) is 10.1. The van der Waals surface area contributed by atoms with Gasteiger partial charge in [-0.05, 0) is 97.7 Å². The van der Waals surface area contributed by atoms with E-state index in [1.807, 2.05) is 0 Å². The first-order chi connectivity index (χ1) is 12.8. The fraction of sp³-hybridized carbons (Fsp3) is 0.917. The van der Waals surface area contributed by atoms with E-state index in [1.165, 1.54) is 38.5 Å². The maximum atomic E-state index is 12.0. The fourth-order valence-corrected chi connectivity index (χ4v) is 8.57. The lowest BCUT2D eigenvalue weighted by Gasteiger charge is -2.60. The lowest BCUT2D eigenvalue weighted by molar-refractivity contribution is -0.140. The van der Waals surface area contributed by atoms with Gasteiger partial charge in [-0.1, -0.05) is 20.8 Å². The molecule has 0 aromatic heterocycles. The fourth-order valence-electron chi connectivity index (χ4n) is 8.57. The number of carbonyl (C=O) groups excluding carboxylic acids is 1. The molecule has 0 spiro atoms. The third kappa shape index (κ3) is 3.08. The van der Waals surface area contributed by atoms with E-state index < -0.39 is 5.97 Å². The summed E-state index contributed by atoms with van der Waals surface area (Å²) < 4.78 is 0. The minimum Gasteiger partial charge on any atom is -0.481 e. The molecule has 0 heterocycles. The molecule has 0 bridgehead atoms. The normalized spacial score (nSPS) is 47.7. The Morgan fingerprint density at radius 1 is 1.07 bits per heavy atom. The highest BCUT2D eigenvalue weighted by Crippen LogP contribution is 2.68. The largest absolute Gasteiger partial charge is 0.481 e. The van der Waals surface area contributed by atoms with Crippen LogP contribution in [0.25, 0.3) is 0 Å². The molecule has 0 aromatic carbocycles. The van der Waals surface area contributed by atoms with E-state index in [4.69, 9.17) is 5.11 Å². The standard InChI is InChI=1S/C24H38O3/c1-15(4-9-22(26)27)19-7-8-20-18-6-5-16-14-17(25)10-12-23(16,2)21(18)11-13-24(19,20)3/h15-16,18-21H,4-14H2,1-3H3,(H,26,27)/t15-,16-,18+,19?,20+,21+,23+,24-/m1/s1.